The molecule has 3 aromatic carbocycles. The van der Waals surface area contributed by atoms with Crippen LogP contribution in [0.1, 0.15) is 26.3 Å². The first kappa shape index (κ1) is 20.0. The lowest BCUT2D eigenvalue weighted by molar-refractivity contribution is -0.123. The lowest BCUT2D eigenvalue weighted by Gasteiger charge is -2.07. The van der Waals surface area contributed by atoms with Gasteiger partial charge in [-0.15, -0.1) is 5.10 Å². The van der Waals surface area contributed by atoms with Crippen LogP contribution in [0.5, 0.6) is 0 Å². The van der Waals surface area contributed by atoms with Crippen LogP contribution in [0.2, 0.25) is 0 Å². The zero-order chi connectivity index (χ0) is 21.6. The van der Waals surface area contributed by atoms with Gasteiger partial charge < -0.3 is 4.74 Å². The van der Waals surface area contributed by atoms with Crippen LogP contribution in [0.25, 0.3) is 11.0 Å². The molecule has 0 saturated heterocycles. The fourth-order valence-electron chi connectivity index (χ4n) is 2.99. The van der Waals surface area contributed by atoms with Gasteiger partial charge in [-0.05, 0) is 42.0 Å². The summed E-state index contributed by atoms with van der Waals surface area (Å²) in [7, 11) is 0. The fraction of sp³-hybridized carbons (Fsp3) is 0.0870. The normalized spacial score (nSPS) is 10.6. The Morgan fingerprint density at radius 3 is 2.32 bits per heavy atom. The van der Waals surface area contributed by atoms with Crippen LogP contribution in [0.15, 0.2) is 78.9 Å². The third-order valence-electron chi connectivity index (χ3n) is 4.57. The minimum atomic E-state index is -0.697. The summed E-state index contributed by atoms with van der Waals surface area (Å²) in [5, 5.41) is 10.4. The number of imide groups is 1. The zero-order valence-corrected chi connectivity index (χ0v) is 16.4. The van der Waals surface area contributed by atoms with Crippen molar-refractivity contribution in [3.63, 3.8) is 0 Å². The number of hydrogen-bond acceptors (Lipinski definition) is 6. The van der Waals surface area contributed by atoms with Gasteiger partial charge in [-0.1, -0.05) is 47.7 Å². The van der Waals surface area contributed by atoms with Gasteiger partial charge in [0.05, 0.1) is 17.6 Å². The number of para-hydroxylation sites is 1. The summed E-state index contributed by atoms with van der Waals surface area (Å²) in [4.78, 5) is 36.0. The minimum Gasteiger partial charge on any atom is -0.452 e. The van der Waals surface area contributed by atoms with E-state index in [0.29, 0.717) is 17.7 Å². The van der Waals surface area contributed by atoms with Gasteiger partial charge in [0.1, 0.15) is 5.52 Å². The van der Waals surface area contributed by atoms with Crippen LogP contribution in [-0.4, -0.2) is 39.4 Å². The maximum Gasteiger partial charge on any atom is 0.338 e. The van der Waals surface area contributed by atoms with E-state index in [9.17, 15) is 14.4 Å². The van der Waals surface area contributed by atoms with Crippen molar-refractivity contribution in [3.8, 4) is 0 Å². The molecule has 1 N–H and O–H groups in total. The van der Waals surface area contributed by atoms with Gasteiger partial charge in [-0.25, -0.2) is 9.48 Å². The highest BCUT2D eigenvalue weighted by Crippen LogP contribution is 2.13. The molecule has 0 aliphatic carbocycles. The molecule has 154 valence electrons. The van der Waals surface area contributed by atoms with Crippen molar-refractivity contribution in [1.82, 2.24) is 20.3 Å². The fourth-order valence-corrected chi connectivity index (χ4v) is 2.99. The van der Waals surface area contributed by atoms with Crippen LogP contribution >= 0.6 is 0 Å². The van der Waals surface area contributed by atoms with E-state index >= 15 is 0 Å². The number of nitrogens with zero attached hydrogens (tertiary/aromatic N) is 3. The molecular weight excluding hydrogens is 396 g/mol. The Morgan fingerprint density at radius 1 is 0.839 bits per heavy atom. The summed E-state index contributed by atoms with van der Waals surface area (Å²) < 4.78 is 6.77. The standard InChI is InChI=1S/C23H18N4O4/c28-21(24-22(29)17-6-2-1-3-7-17)15-31-23(30)18-12-10-16(11-13-18)14-27-20-9-5-4-8-19(20)25-26-27/h1-13H,14-15H2,(H,24,28,29). The smallest absolute Gasteiger partial charge is 0.338 e. The molecule has 0 bridgehead atoms. The highest BCUT2D eigenvalue weighted by atomic mass is 16.5. The highest BCUT2D eigenvalue weighted by molar-refractivity contribution is 6.05. The van der Waals surface area contributed by atoms with E-state index in [0.717, 1.165) is 16.6 Å². The summed E-state index contributed by atoms with van der Waals surface area (Å²) in [5.41, 5.74) is 3.31. The number of nitrogens with one attached hydrogen (secondary N) is 1. The molecule has 31 heavy (non-hydrogen) atoms. The molecule has 0 atom stereocenters. The van der Waals surface area contributed by atoms with Gasteiger partial charge in [0, 0.05) is 5.56 Å². The maximum absolute atomic E-state index is 12.2. The van der Waals surface area contributed by atoms with E-state index in [4.69, 9.17) is 4.74 Å². The predicted molar refractivity (Wildman–Crippen MR) is 112 cm³/mol. The van der Waals surface area contributed by atoms with E-state index < -0.39 is 24.4 Å². The Morgan fingerprint density at radius 2 is 1.55 bits per heavy atom. The minimum absolute atomic E-state index is 0.300. The van der Waals surface area contributed by atoms with Crippen molar-refractivity contribution in [1.29, 1.82) is 0 Å². The number of rotatable bonds is 6. The summed E-state index contributed by atoms with van der Waals surface area (Å²) in [6, 6.07) is 22.8. The number of amides is 2. The summed E-state index contributed by atoms with van der Waals surface area (Å²) in [6.07, 6.45) is 0. The number of ether oxygens (including phenoxy) is 1. The summed E-state index contributed by atoms with van der Waals surface area (Å²) in [5.74, 6) is -1.90. The van der Waals surface area contributed by atoms with E-state index in [1.54, 1.807) is 59.3 Å². The molecule has 0 radical (unpaired) electrons. The van der Waals surface area contributed by atoms with Crippen LogP contribution in [0.4, 0.5) is 0 Å². The molecule has 4 rings (SSSR count). The van der Waals surface area contributed by atoms with Gasteiger partial charge in [-0.3, -0.25) is 14.9 Å². The molecule has 8 nitrogen and oxygen atoms in total. The number of esters is 1. The number of benzene rings is 3. The molecular formula is C23H18N4O4. The lowest BCUT2D eigenvalue weighted by atomic mass is 10.1. The SMILES string of the molecule is O=C(COC(=O)c1ccc(Cn2nnc3ccccc32)cc1)NC(=O)c1ccccc1. The van der Waals surface area contributed by atoms with Crippen molar-refractivity contribution in [3.05, 3.63) is 95.6 Å². The molecule has 1 heterocycles. The molecule has 0 unspecified atom stereocenters. The summed E-state index contributed by atoms with van der Waals surface area (Å²) >= 11 is 0. The Kier molecular flexibility index (Phi) is 5.79. The molecule has 1 aromatic heterocycles. The average molecular weight is 414 g/mol. The maximum atomic E-state index is 12.2. The van der Waals surface area contributed by atoms with Gasteiger partial charge in [0.2, 0.25) is 0 Å². The van der Waals surface area contributed by atoms with Crippen LogP contribution in [0.3, 0.4) is 0 Å². The second kappa shape index (κ2) is 9.00. The molecule has 2 amide bonds. The number of carbonyl (C=O) groups is 3. The molecule has 4 aromatic rings. The Labute approximate surface area is 177 Å². The quantitative estimate of drug-likeness (QED) is 0.487. The molecule has 0 fully saturated rings. The van der Waals surface area contributed by atoms with Gasteiger partial charge >= 0.3 is 5.97 Å². The number of carbonyl (C=O) groups excluding carboxylic acids is 3. The van der Waals surface area contributed by atoms with E-state index in [2.05, 4.69) is 15.6 Å². The number of hydrogen-bond donors (Lipinski definition) is 1. The van der Waals surface area contributed by atoms with Crippen molar-refractivity contribution >= 4 is 28.8 Å². The van der Waals surface area contributed by atoms with Crippen LogP contribution < -0.4 is 5.32 Å². The first-order chi connectivity index (χ1) is 15.1. The molecule has 0 spiro atoms. The third kappa shape index (κ3) is 4.81. The Bertz CT molecular complexity index is 1230. The van der Waals surface area contributed by atoms with Gasteiger partial charge in [0.25, 0.3) is 11.8 Å². The Hall–Kier alpha value is -4.33. The zero-order valence-electron chi connectivity index (χ0n) is 16.4. The van der Waals surface area contributed by atoms with Gasteiger partial charge in [0.15, 0.2) is 6.61 Å². The molecule has 0 aliphatic rings. The number of fused-ring (bicyclic) bond motifs is 1. The first-order valence-corrected chi connectivity index (χ1v) is 9.54. The molecule has 0 aliphatic heterocycles. The van der Waals surface area contributed by atoms with E-state index in [1.165, 1.54) is 0 Å². The van der Waals surface area contributed by atoms with E-state index in [1.807, 2.05) is 24.3 Å². The Balaban J connectivity index is 1.31. The first-order valence-electron chi connectivity index (χ1n) is 9.54. The van der Waals surface area contributed by atoms with Crippen molar-refractivity contribution in [2.24, 2.45) is 0 Å². The second-order valence-electron chi connectivity index (χ2n) is 6.75. The lowest BCUT2D eigenvalue weighted by Crippen LogP contribution is -2.34. The van der Waals surface area contributed by atoms with Crippen molar-refractivity contribution in [2.45, 2.75) is 6.54 Å². The van der Waals surface area contributed by atoms with Gasteiger partial charge in [-0.2, -0.15) is 0 Å². The monoisotopic (exact) mass is 414 g/mol. The summed E-state index contributed by atoms with van der Waals surface area (Å²) in [6.45, 7) is -0.0516. The van der Waals surface area contributed by atoms with Crippen molar-refractivity contribution < 1.29 is 19.1 Å². The second-order valence-corrected chi connectivity index (χ2v) is 6.75. The van der Waals surface area contributed by atoms with Crippen LogP contribution in [0, 0.1) is 0 Å². The molecule has 8 heteroatoms. The number of aromatic nitrogens is 3. The van der Waals surface area contributed by atoms with E-state index in [-0.39, 0.29) is 0 Å². The van der Waals surface area contributed by atoms with Crippen LogP contribution in [-0.2, 0) is 16.1 Å². The average Bonchev–Trinajstić information content (AvgIpc) is 3.21. The predicted octanol–water partition coefficient (Wildman–Crippen LogP) is 2.59. The topological polar surface area (TPSA) is 103 Å². The van der Waals surface area contributed by atoms with Crippen molar-refractivity contribution in [2.75, 3.05) is 6.61 Å². The largest absolute Gasteiger partial charge is 0.452 e. The highest BCUT2D eigenvalue weighted by Gasteiger charge is 2.14. The molecule has 0 saturated carbocycles. The third-order valence-corrected chi connectivity index (χ3v) is 4.57.